The average Bonchev–Trinajstić information content (AvgIpc) is 2.47. The molecule has 2 rings (SSSR count). The molecule has 7 nitrogen and oxygen atoms in total. The van der Waals surface area contributed by atoms with Crippen molar-refractivity contribution in [3.05, 3.63) is 62.9 Å². The summed E-state index contributed by atoms with van der Waals surface area (Å²) in [6.07, 6.45) is 2.72. The smallest absolute Gasteiger partial charge is 0.270 e. The summed E-state index contributed by atoms with van der Waals surface area (Å²) in [6.45, 7) is 0. The molecule has 0 aliphatic carbocycles. The van der Waals surface area contributed by atoms with Crippen molar-refractivity contribution in [3.8, 4) is 6.07 Å². The molecule has 8 heteroatoms. The fourth-order valence-electron chi connectivity index (χ4n) is 1.60. The number of non-ortho nitro benzene ring substituents is 1. The Morgan fingerprint density at radius 2 is 2.19 bits per heavy atom. The van der Waals surface area contributed by atoms with Gasteiger partial charge in [-0.2, -0.15) is 5.26 Å². The van der Waals surface area contributed by atoms with Gasteiger partial charge < -0.3 is 5.32 Å². The summed E-state index contributed by atoms with van der Waals surface area (Å²) in [4.78, 5) is 25.8. The van der Waals surface area contributed by atoms with Crippen molar-refractivity contribution in [3.63, 3.8) is 0 Å². The molecule has 0 fully saturated rings. The molecule has 1 amide bonds. The van der Waals surface area contributed by atoms with Gasteiger partial charge in [0.25, 0.3) is 11.6 Å². The second kappa shape index (κ2) is 5.98. The normalized spacial score (nSPS) is 9.71. The van der Waals surface area contributed by atoms with E-state index in [1.54, 1.807) is 6.07 Å². The Balaban J connectivity index is 2.32. The van der Waals surface area contributed by atoms with Gasteiger partial charge in [0.05, 0.1) is 26.8 Å². The topological polar surface area (TPSA) is 109 Å². The maximum Gasteiger partial charge on any atom is 0.270 e. The number of carbonyl (C=O) groups excluding carboxylic acids is 1. The molecule has 0 bridgehead atoms. The van der Waals surface area contributed by atoms with Gasteiger partial charge in [-0.05, 0) is 12.1 Å². The maximum absolute atomic E-state index is 12.1. The molecule has 0 saturated heterocycles. The Bertz CT molecular complexity index is 770. The highest BCUT2D eigenvalue weighted by Gasteiger charge is 2.15. The third-order valence-corrected chi connectivity index (χ3v) is 2.90. The van der Waals surface area contributed by atoms with E-state index >= 15 is 0 Å². The van der Waals surface area contributed by atoms with E-state index in [2.05, 4.69) is 10.3 Å². The van der Waals surface area contributed by atoms with Crippen molar-refractivity contribution in [1.82, 2.24) is 4.98 Å². The Morgan fingerprint density at radius 3 is 2.81 bits per heavy atom. The van der Waals surface area contributed by atoms with Crippen LogP contribution in [0.25, 0.3) is 0 Å². The number of carbonyl (C=O) groups is 1. The summed E-state index contributed by atoms with van der Waals surface area (Å²) in [7, 11) is 0. The lowest BCUT2D eigenvalue weighted by molar-refractivity contribution is -0.384. The molecule has 1 aromatic heterocycles. The number of hydrogen-bond donors (Lipinski definition) is 1. The fourth-order valence-corrected chi connectivity index (χ4v) is 1.80. The van der Waals surface area contributed by atoms with Crippen LogP contribution in [0, 0.1) is 21.4 Å². The van der Waals surface area contributed by atoms with E-state index in [1.165, 1.54) is 30.6 Å². The second-order valence-corrected chi connectivity index (χ2v) is 4.32. The average molecular weight is 303 g/mol. The number of rotatable bonds is 3. The van der Waals surface area contributed by atoms with Crippen molar-refractivity contribution in [1.29, 1.82) is 5.26 Å². The molecule has 0 aliphatic rings. The van der Waals surface area contributed by atoms with Crippen LogP contribution in [0.1, 0.15) is 15.9 Å². The molecule has 1 aromatic carbocycles. The van der Waals surface area contributed by atoms with Crippen molar-refractivity contribution < 1.29 is 9.72 Å². The summed E-state index contributed by atoms with van der Waals surface area (Å²) in [5.41, 5.74) is 0.115. The van der Waals surface area contributed by atoms with Crippen LogP contribution < -0.4 is 5.32 Å². The summed E-state index contributed by atoms with van der Waals surface area (Å²) >= 11 is 5.85. The second-order valence-electron chi connectivity index (χ2n) is 3.91. The van der Waals surface area contributed by atoms with Crippen LogP contribution in [0.3, 0.4) is 0 Å². The molecule has 0 radical (unpaired) electrons. The largest absolute Gasteiger partial charge is 0.321 e. The number of nitrogens with one attached hydrogen (secondary N) is 1. The first-order valence-electron chi connectivity index (χ1n) is 5.62. The number of nitrogens with zero attached hydrogens (tertiary/aromatic N) is 3. The van der Waals surface area contributed by atoms with Crippen LogP contribution in [-0.2, 0) is 0 Å². The summed E-state index contributed by atoms with van der Waals surface area (Å²) < 4.78 is 0. The van der Waals surface area contributed by atoms with E-state index in [1.807, 2.05) is 0 Å². The number of halogens is 1. The van der Waals surface area contributed by atoms with Crippen molar-refractivity contribution in [2.75, 3.05) is 5.32 Å². The monoisotopic (exact) mass is 302 g/mol. The lowest BCUT2D eigenvalue weighted by Crippen LogP contribution is -2.13. The molecular formula is C13H7ClN4O3. The molecule has 2 aromatic rings. The number of anilines is 1. The fraction of sp³-hybridized carbons (Fsp3) is 0. The molecule has 1 heterocycles. The Kier molecular flexibility index (Phi) is 4.11. The zero-order valence-corrected chi connectivity index (χ0v) is 11.2. The number of benzene rings is 1. The lowest BCUT2D eigenvalue weighted by atomic mass is 10.1. The summed E-state index contributed by atoms with van der Waals surface area (Å²) in [5, 5.41) is 22.3. The maximum atomic E-state index is 12.1. The minimum Gasteiger partial charge on any atom is -0.321 e. The molecule has 104 valence electrons. The molecule has 21 heavy (non-hydrogen) atoms. The first-order chi connectivity index (χ1) is 10.0. The predicted octanol–water partition coefficient (Wildman–Crippen LogP) is 2.77. The van der Waals surface area contributed by atoms with Crippen LogP contribution in [0.4, 0.5) is 11.4 Å². The van der Waals surface area contributed by atoms with Gasteiger partial charge in [0, 0.05) is 24.5 Å². The molecule has 0 atom stereocenters. The standard InChI is InChI=1S/C13H7ClN4O3/c14-11-7-16-4-3-10(11)13(19)17-12-2-1-9(18(20)21)5-8(12)6-15/h1-5,7H,(H,17,19). The van der Waals surface area contributed by atoms with Gasteiger partial charge in [-0.15, -0.1) is 0 Å². The number of nitriles is 1. The highest BCUT2D eigenvalue weighted by atomic mass is 35.5. The van der Waals surface area contributed by atoms with Gasteiger partial charge in [0.15, 0.2) is 0 Å². The van der Waals surface area contributed by atoms with Crippen LogP contribution in [0.5, 0.6) is 0 Å². The van der Waals surface area contributed by atoms with E-state index in [4.69, 9.17) is 16.9 Å². The Labute approximate surface area is 123 Å². The highest BCUT2D eigenvalue weighted by molar-refractivity contribution is 6.34. The van der Waals surface area contributed by atoms with Crippen molar-refractivity contribution in [2.24, 2.45) is 0 Å². The molecule has 0 saturated carbocycles. The number of amides is 1. The minimum atomic E-state index is -0.619. The van der Waals surface area contributed by atoms with Gasteiger partial charge in [0.1, 0.15) is 6.07 Å². The van der Waals surface area contributed by atoms with Gasteiger partial charge in [-0.1, -0.05) is 11.6 Å². The number of hydrogen-bond acceptors (Lipinski definition) is 5. The predicted molar refractivity (Wildman–Crippen MR) is 75.0 cm³/mol. The van der Waals surface area contributed by atoms with Crippen LogP contribution in [0.15, 0.2) is 36.7 Å². The summed E-state index contributed by atoms with van der Waals surface area (Å²) in [5.74, 6) is -0.534. The lowest BCUT2D eigenvalue weighted by Gasteiger charge is -2.07. The van der Waals surface area contributed by atoms with E-state index < -0.39 is 10.8 Å². The Hall–Kier alpha value is -2.98. The number of nitro benzene ring substituents is 1. The highest BCUT2D eigenvalue weighted by Crippen LogP contribution is 2.23. The van der Waals surface area contributed by atoms with Gasteiger partial charge in [-0.25, -0.2) is 0 Å². The van der Waals surface area contributed by atoms with Crippen LogP contribution in [-0.4, -0.2) is 15.8 Å². The van der Waals surface area contributed by atoms with E-state index in [0.29, 0.717) is 0 Å². The molecule has 0 unspecified atom stereocenters. The third kappa shape index (κ3) is 3.13. The molecule has 1 N–H and O–H groups in total. The van der Waals surface area contributed by atoms with Crippen molar-refractivity contribution in [2.45, 2.75) is 0 Å². The SMILES string of the molecule is N#Cc1cc([N+](=O)[O-])ccc1NC(=O)c1ccncc1Cl. The van der Waals surface area contributed by atoms with E-state index in [0.717, 1.165) is 6.07 Å². The van der Waals surface area contributed by atoms with E-state index in [9.17, 15) is 14.9 Å². The zero-order chi connectivity index (χ0) is 15.4. The van der Waals surface area contributed by atoms with Gasteiger partial charge in [0.2, 0.25) is 0 Å². The molecule has 0 spiro atoms. The minimum absolute atomic E-state index is 0.0114. The molecule has 0 aliphatic heterocycles. The Morgan fingerprint density at radius 1 is 1.43 bits per heavy atom. The quantitative estimate of drug-likeness (QED) is 0.692. The number of aromatic nitrogens is 1. The first kappa shape index (κ1) is 14.4. The number of pyridine rings is 1. The first-order valence-corrected chi connectivity index (χ1v) is 6.00. The third-order valence-electron chi connectivity index (χ3n) is 2.60. The van der Waals surface area contributed by atoms with Crippen LogP contribution >= 0.6 is 11.6 Å². The van der Waals surface area contributed by atoms with Crippen LogP contribution in [0.2, 0.25) is 5.02 Å². The van der Waals surface area contributed by atoms with Gasteiger partial charge >= 0.3 is 0 Å². The van der Waals surface area contributed by atoms with Crippen molar-refractivity contribution >= 4 is 28.9 Å². The zero-order valence-electron chi connectivity index (χ0n) is 10.4. The number of nitro groups is 1. The van der Waals surface area contributed by atoms with E-state index in [-0.39, 0.29) is 27.5 Å². The van der Waals surface area contributed by atoms with Gasteiger partial charge in [-0.3, -0.25) is 19.9 Å². The summed E-state index contributed by atoms with van der Waals surface area (Å²) in [6, 6.07) is 6.80. The molecular weight excluding hydrogens is 296 g/mol.